The quantitative estimate of drug-likeness (QED) is 0.610. The number of pyridine rings is 1. The van der Waals surface area contributed by atoms with Crippen LogP contribution in [-0.4, -0.2) is 28.8 Å². The van der Waals surface area contributed by atoms with Crippen LogP contribution in [0.15, 0.2) is 36.8 Å². The first-order valence-corrected chi connectivity index (χ1v) is 7.31. The molecule has 8 heteroatoms. The van der Waals surface area contributed by atoms with Crippen molar-refractivity contribution < 1.29 is 17.7 Å². The van der Waals surface area contributed by atoms with Gasteiger partial charge in [0.1, 0.15) is 16.3 Å². The van der Waals surface area contributed by atoms with Gasteiger partial charge < -0.3 is 4.55 Å². The predicted molar refractivity (Wildman–Crippen MR) is 67.2 cm³/mol. The van der Waals surface area contributed by atoms with E-state index < -0.39 is 15.9 Å². The predicted octanol–water partition coefficient (Wildman–Crippen LogP) is 0.630. The molecule has 0 unspecified atom stereocenters. The maximum Gasteiger partial charge on any atom is 0.197 e. The van der Waals surface area contributed by atoms with Gasteiger partial charge in [-0.2, -0.15) is 0 Å². The van der Waals surface area contributed by atoms with Gasteiger partial charge >= 0.3 is 0 Å². The maximum absolute atomic E-state index is 10.5. The molecule has 0 fully saturated rings. The van der Waals surface area contributed by atoms with Crippen molar-refractivity contribution in [3.05, 3.63) is 41.8 Å². The van der Waals surface area contributed by atoms with Crippen LogP contribution >= 0.6 is 11.6 Å². The number of halogens is 1. The van der Waals surface area contributed by atoms with Crippen LogP contribution in [0.25, 0.3) is 11.3 Å². The van der Waals surface area contributed by atoms with E-state index in [2.05, 4.69) is 10.1 Å². The highest BCUT2D eigenvalue weighted by molar-refractivity contribution is 7.85. The standard InChI is InChI=1S/C11H10ClN3O3S/c12-10-2-1-4-13-11(10)9-3-5-15(14-8-9)6-7-19(16,17)18/h1-5,8H,6-7H2. The number of rotatable bonds is 4. The molecular weight excluding hydrogens is 290 g/mol. The van der Waals surface area contributed by atoms with Crippen molar-refractivity contribution in [2.75, 3.05) is 5.75 Å². The number of hydrogen-bond acceptors (Lipinski definition) is 5. The third-order valence-corrected chi connectivity index (χ3v) is 3.36. The summed E-state index contributed by atoms with van der Waals surface area (Å²) in [6.07, 6.45) is 4.71. The Morgan fingerprint density at radius 1 is 1.37 bits per heavy atom. The molecule has 0 atom stereocenters. The van der Waals surface area contributed by atoms with Crippen LogP contribution in [0.4, 0.5) is 0 Å². The van der Waals surface area contributed by atoms with Crippen molar-refractivity contribution in [2.24, 2.45) is 0 Å². The fourth-order valence-corrected chi connectivity index (χ4v) is 2.10. The van der Waals surface area contributed by atoms with E-state index in [1.54, 1.807) is 30.6 Å². The van der Waals surface area contributed by atoms with E-state index in [1.807, 2.05) is 0 Å². The molecule has 2 heterocycles. The molecular formula is C11H10ClN3O3S. The molecule has 0 aliphatic rings. The first-order chi connectivity index (χ1) is 8.96. The van der Waals surface area contributed by atoms with E-state index in [9.17, 15) is 13.0 Å². The largest absolute Gasteiger partial charge is 0.748 e. The summed E-state index contributed by atoms with van der Waals surface area (Å²) in [5.74, 6) is -0.492. The summed E-state index contributed by atoms with van der Waals surface area (Å²) in [6.45, 7) is 0.0159. The van der Waals surface area contributed by atoms with Crippen LogP contribution in [0.2, 0.25) is 5.02 Å². The molecule has 0 amide bonds. The Morgan fingerprint density at radius 2 is 2.16 bits per heavy atom. The van der Waals surface area contributed by atoms with Gasteiger partial charge in [-0.1, -0.05) is 16.3 Å². The molecule has 2 aromatic heterocycles. The molecule has 0 bridgehead atoms. The third kappa shape index (κ3) is 3.95. The molecule has 0 aliphatic heterocycles. The third-order valence-electron chi connectivity index (χ3n) is 2.37. The summed E-state index contributed by atoms with van der Waals surface area (Å²) >= 11 is 6.00. The molecule has 0 saturated carbocycles. The lowest BCUT2D eigenvalue weighted by Crippen LogP contribution is -2.40. The van der Waals surface area contributed by atoms with E-state index in [1.165, 1.54) is 10.9 Å². The van der Waals surface area contributed by atoms with E-state index in [-0.39, 0.29) is 6.54 Å². The van der Waals surface area contributed by atoms with Crippen molar-refractivity contribution in [3.8, 4) is 11.3 Å². The van der Waals surface area contributed by atoms with Gasteiger partial charge in [-0.25, -0.2) is 8.42 Å². The molecule has 0 aromatic carbocycles. The Kier molecular flexibility index (Phi) is 4.08. The van der Waals surface area contributed by atoms with Crippen LogP contribution in [0.5, 0.6) is 0 Å². The molecule has 0 radical (unpaired) electrons. The molecule has 0 aliphatic carbocycles. The van der Waals surface area contributed by atoms with Gasteiger partial charge in [0.2, 0.25) is 0 Å². The molecule has 6 nitrogen and oxygen atoms in total. The van der Waals surface area contributed by atoms with E-state index in [0.717, 1.165) is 0 Å². The van der Waals surface area contributed by atoms with Gasteiger partial charge in [-0.3, -0.25) is 4.98 Å². The normalized spacial score (nSPS) is 11.5. The summed E-state index contributed by atoms with van der Waals surface area (Å²) in [7, 11) is -4.24. The van der Waals surface area contributed by atoms with Crippen molar-refractivity contribution in [1.82, 2.24) is 10.1 Å². The minimum atomic E-state index is -4.24. The minimum Gasteiger partial charge on any atom is -0.748 e. The highest BCUT2D eigenvalue weighted by atomic mass is 35.5. The van der Waals surface area contributed by atoms with Gasteiger partial charge in [-0.15, -0.1) is 0 Å². The molecule has 2 aromatic rings. The Hall–Kier alpha value is -1.57. The average Bonchev–Trinajstić information content (AvgIpc) is 2.37. The molecule has 100 valence electrons. The summed E-state index contributed by atoms with van der Waals surface area (Å²) < 4.78 is 32.9. The summed E-state index contributed by atoms with van der Waals surface area (Å²) in [5.41, 5.74) is 1.31. The van der Waals surface area contributed by atoms with Crippen LogP contribution < -0.4 is 4.68 Å². The van der Waals surface area contributed by atoms with Gasteiger partial charge in [0.25, 0.3) is 0 Å². The lowest BCUT2D eigenvalue weighted by Gasteiger charge is -2.03. The van der Waals surface area contributed by atoms with Gasteiger partial charge in [0, 0.05) is 17.8 Å². The Morgan fingerprint density at radius 3 is 2.74 bits per heavy atom. The topological polar surface area (TPSA) is 86.9 Å². The summed E-state index contributed by atoms with van der Waals surface area (Å²) in [4.78, 5) is 4.14. The van der Waals surface area contributed by atoms with Gasteiger partial charge in [-0.05, 0) is 17.2 Å². The highest BCUT2D eigenvalue weighted by Gasteiger charge is 2.09. The Balaban J connectivity index is 2.17. The zero-order chi connectivity index (χ0) is 13.9. The van der Waals surface area contributed by atoms with E-state index in [0.29, 0.717) is 16.3 Å². The smallest absolute Gasteiger partial charge is 0.197 e. The highest BCUT2D eigenvalue weighted by Crippen LogP contribution is 2.23. The second-order valence-electron chi connectivity index (χ2n) is 3.77. The van der Waals surface area contributed by atoms with E-state index in [4.69, 9.17) is 11.6 Å². The minimum absolute atomic E-state index is 0.0159. The first kappa shape index (κ1) is 13.9. The number of hydrogen-bond donors (Lipinski definition) is 0. The maximum atomic E-state index is 10.5. The first-order valence-electron chi connectivity index (χ1n) is 5.36. The summed E-state index contributed by atoms with van der Waals surface area (Å²) in [6, 6.07) is 5.15. The van der Waals surface area contributed by atoms with Crippen molar-refractivity contribution >= 4 is 21.7 Å². The SMILES string of the molecule is O=S(=O)([O-])CC[n+]1ccc(-c2ncccc2Cl)cn1. The van der Waals surface area contributed by atoms with Crippen molar-refractivity contribution in [1.29, 1.82) is 0 Å². The second-order valence-corrected chi connectivity index (χ2v) is 5.71. The van der Waals surface area contributed by atoms with Crippen LogP contribution in [0.1, 0.15) is 0 Å². The number of nitrogens with zero attached hydrogens (tertiary/aromatic N) is 3. The monoisotopic (exact) mass is 299 g/mol. The summed E-state index contributed by atoms with van der Waals surface area (Å²) in [5, 5.41) is 4.52. The fourth-order valence-electron chi connectivity index (χ4n) is 1.46. The van der Waals surface area contributed by atoms with Crippen LogP contribution in [-0.2, 0) is 16.7 Å². The zero-order valence-corrected chi connectivity index (χ0v) is 11.3. The molecule has 0 saturated heterocycles. The Labute approximate surface area is 115 Å². The second kappa shape index (κ2) is 5.60. The molecule has 0 N–H and O–H groups in total. The lowest BCUT2D eigenvalue weighted by atomic mass is 10.2. The fraction of sp³-hybridized carbons (Fsp3) is 0.182. The lowest BCUT2D eigenvalue weighted by molar-refractivity contribution is -0.750. The average molecular weight is 300 g/mol. The number of aryl methyl sites for hydroxylation is 1. The van der Waals surface area contributed by atoms with Crippen molar-refractivity contribution in [2.45, 2.75) is 6.54 Å². The van der Waals surface area contributed by atoms with Crippen molar-refractivity contribution in [3.63, 3.8) is 0 Å². The van der Waals surface area contributed by atoms with Gasteiger partial charge in [0.05, 0.1) is 16.5 Å². The van der Waals surface area contributed by atoms with Crippen LogP contribution in [0, 0.1) is 0 Å². The van der Waals surface area contributed by atoms with Crippen LogP contribution in [0.3, 0.4) is 0 Å². The number of aromatic nitrogens is 3. The van der Waals surface area contributed by atoms with Gasteiger partial charge in [0.15, 0.2) is 12.7 Å². The molecule has 0 spiro atoms. The Bertz CT molecular complexity index is 674. The zero-order valence-electron chi connectivity index (χ0n) is 9.73. The van der Waals surface area contributed by atoms with E-state index >= 15 is 0 Å². The molecule has 19 heavy (non-hydrogen) atoms. The molecule has 2 rings (SSSR count).